The predicted octanol–water partition coefficient (Wildman–Crippen LogP) is 6.26. The number of carbonyl (C=O) groups excluding carboxylic acids is 1. The number of Topliss-reactive ketones (excluding diaryl/α,β-unsaturated/α-hetero) is 1. The Morgan fingerprint density at radius 3 is 2.49 bits per heavy atom. The highest BCUT2D eigenvalue weighted by Gasteiger charge is 2.51. The standard InChI is InChI=1S/C25H22ClF4N3O2/c1-24(2,25(28,29)30)20(34)10-4-13-3-8-18(26)17(11-13)22-31-21(32-23(35)33-22)15-7-9-19(27)16(12-15)14-5-6-14/h3,7-9,11-12,14H,4-6,10H2,1-2H3,(H,31,32,33,35). The molecule has 1 heterocycles. The molecule has 1 saturated carbocycles. The molecule has 0 atom stereocenters. The van der Waals surface area contributed by atoms with Crippen molar-refractivity contribution in [3.63, 3.8) is 0 Å². The number of nitrogens with zero attached hydrogens (tertiary/aromatic N) is 2. The number of benzene rings is 2. The minimum atomic E-state index is -4.65. The van der Waals surface area contributed by atoms with Crippen LogP contribution in [0.1, 0.15) is 50.2 Å². The van der Waals surface area contributed by atoms with E-state index in [-0.39, 0.29) is 41.2 Å². The third-order valence-corrected chi connectivity index (χ3v) is 6.58. The van der Waals surface area contributed by atoms with Crippen LogP contribution in [0.5, 0.6) is 0 Å². The van der Waals surface area contributed by atoms with E-state index in [0.29, 0.717) is 22.3 Å². The van der Waals surface area contributed by atoms with Crippen molar-refractivity contribution in [1.29, 1.82) is 0 Å². The van der Waals surface area contributed by atoms with Crippen LogP contribution in [0.2, 0.25) is 5.02 Å². The Labute approximate surface area is 203 Å². The highest BCUT2D eigenvalue weighted by atomic mass is 35.5. The number of alkyl halides is 3. The molecule has 35 heavy (non-hydrogen) atoms. The first kappa shape index (κ1) is 25.0. The summed E-state index contributed by atoms with van der Waals surface area (Å²) >= 11 is 6.32. The van der Waals surface area contributed by atoms with E-state index in [1.165, 1.54) is 18.2 Å². The minimum absolute atomic E-state index is 0.0490. The number of aromatic nitrogens is 3. The lowest BCUT2D eigenvalue weighted by molar-refractivity contribution is -0.210. The molecule has 0 radical (unpaired) electrons. The van der Waals surface area contributed by atoms with E-state index in [4.69, 9.17) is 11.6 Å². The Morgan fingerprint density at radius 2 is 1.83 bits per heavy atom. The Kier molecular flexibility index (Phi) is 6.57. The summed E-state index contributed by atoms with van der Waals surface area (Å²) in [7, 11) is 0. The molecule has 3 aromatic rings. The SMILES string of the molecule is CC(C)(C(=O)CCc1ccc(Cl)c(-c2nc(-c3ccc(F)c(C4CC4)c3)nc(=O)[nH]2)c1)C(F)(F)F. The molecule has 0 amide bonds. The van der Waals surface area contributed by atoms with Gasteiger partial charge in [0.2, 0.25) is 0 Å². The van der Waals surface area contributed by atoms with Gasteiger partial charge in [-0.1, -0.05) is 17.7 Å². The molecule has 1 fully saturated rings. The van der Waals surface area contributed by atoms with Gasteiger partial charge in [-0.2, -0.15) is 18.2 Å². The predicted molar refractivity (Wildman–Crippen MR) is 124 cm³/mol. The smallest absolute Gasteiger partial charge is 0.299 e. The van der Waals surface area contributed by atoms with Gasteiger partial charge in [0.05, 0.1) is 5.02 Å². The van der Waals surface area contributed by atoms with Crippen LogP contribution in [0.15, 0.2) is 41.2 Å². The van der Waals surface area contributed by atoms with Gasteiger partial charge in [-0.05, 0) is 80.5 Å². The van der Waals surface area contributed by atoms with Crippen LogP contribution < -0.4 is 5.69 Å². The van der Waals surface area contributed by atoms with E-state index in [1.54, 1.807) is 18.2 Å². The number of aryl methyl sites for hydroxylation is 1. The zero-order chi connectivity index (χ0) is 25.5. The van der Waals surface area contributed by atoms with Gasteiger partial charge in [0.15, 0.2) is 5.82 Å². The molecule has 4 rings (SSSR count). The number of H-pyrrole nitrogens is 1. The Balaban J connectivity index is 1.63. The van der Waals surface area contributed by atoms with Crippen molar-refractivity contribution in [1.82, 2.24) is 15.0 Å². The van der Waals surface area contributed by atoms with Gasteiger partial charge in [-0.3, -0.25) is 9.78 Å². The molecule has 0 saturated heterocycles. The summed E-state index contributed by atoms with van der Waals surface area (Å²) in [6.45, 7) is 1.72. The van der Waals surface area contributed by atoms with Crippen molar-refractivity contribution in [2.24, 2.45) is 5.41 Å². The van der Waals surface area contributed by atoms with Crippen molar-refractivity contribution < 1.29 is 22.4 Å². The van der Waals surface area contributed by atoms with E-state index < -0.39 is 23.1 Å². The van der Waals surface area contributed by atoms with E-state index >= 15 is 0 Å². The molecule has 10 heteroatoms. The lowest BCUT2D eigenvalue weighted by Gasteiger charge is -2.26. The molecule has 1 aliphatic carbocycles. The monoisotopic (exact) mass is 507 g/mol. The molecule has 1 aliphatic rings. The fourth-order valence-corrected chi connectivity index (χ4v) is 3.88. The van der Waals surface area contributed by atoms with Gasteiger partial charge in [0.25, 0.3) is 0 Å². The van der Waals surface area contributed by atoms with Crippen LogP contribution in [-0.2, 0) is 11.2 Å². The largest absolute Gasteiger partial charge is 0.400 e. The summed E-state index contributed by atoms with van der Waals surface area (Å²) in [6, 6.07) is 9.14. The van der Waals surface area contributed by atoms with Gasteiger partial charge in [0.1, 0.15) is 22.8 Å². The van der Waals surface area contributed by atoms with Crippen molar-refractivity contribution >= 4 is 17.4 Å². The van der Waals surface area contributed by atoms with Crippen LogP contribution in [-0.4, -0.2) is 26.9 Å². The zero-order valence-electron chi connectivity index (χ0n) is 19.0. The average Bonchev–Trinajstić information content (AvgIpc) is 3.62. The van der Waals surface area contributed by atoms with Crippen molar-refractivity contribution in [3.8, 4) is 22.8 Å². The van der Waals surface area contributed by atoms with Crippen LogP contribution >= 0.6 is 11.6 Å². The lowest BCUT2D eigenvalue weighted by Crippen LogP contribution is -2.39. The molecule has 0 bridgehead atoms. The molecular weight excluding hydrogens is 486 g/mol. The maximum atomic E-state index is 14.2. The topological polar surface area (TPSA) is 75.7 Å². The van der Waals surface area contributed by atoms with Crippen LogP contribution in [0.4, 0.5) is 17.6 Å². The molecular formula is C25H22ClF4N3O2. The first-order valence-electron chi connectivity index (χ1n) is 11.0. The first-order valence-corrected chi connectivity index (χ1v) is 11.4. The fraction of sp³-hybridized carbons (Fsp3) is 0.360. The fourth-order valence-electron chi connectivity index (χ4n) is 3.67. The van der Waals surface area contributed by atoms with Gasteiger partial charge in [0, 0.05) is 17.5 Å². The summed E-state index contributed by atoms with van der Waals surface area (Å²) in [5.41, 5.74) is -1.23. The average molecular weight is 508 g/mol. The lowest BCUT2D eigenvalue weighted by atomic mass is 9.84. The number of aromatic amines is 1. The van der Waals surface area contributed by atoms with E-state index in [2.05, 4.69) is 15.0 Å². The number of nitrogens with one attached hydrogen (secondary N) is 1. The number of carbonyl (C=O) groups is 1. The number of halogens is 5. The normalized spacial score (nSPS) is 14.3. The number of rotatable bonds is 7. The molecule has 0 unspecified atom stereocenters. The second-order valence-corrected chi connectivity index (χ2v) is 9.60. The highest BCUT2D eigenvalue weighted by Crippen LogP contribution is 2.42. The minimum Gasteiger partial charge on any atom is -0.299 e. The van der Waals surface area contributed by atoms with Crippen molar-refractivity contribution in [2.45, 2.75) is 51.6 Å². The van der Waals surface area contributed by atoms with Crippen LogP contribution in [0.3, 0.4) is 0 Å². The van der Waals surface area contributed by atoms with Crippen molar-refractivity contribution in [2.75, 3.05) is 0 Å². The Morgan fingerprint density at radius 1 is 1.11 bits per heavy atom. The van der Waals surface area contributed by atoms with Gasteiger partial charge < -0.3 is 0 Å². The summed E-state index contributed by atoms with van der Waals surface area (Å²) < 4.78 is 53.6. The summed E-state index contributed by atoms with van der Waals surface area (Å²) in [5, 5.41) is 0.244. The third kappa shape index (κ3) is 5.29. The second kappa shape index (κ2) is 9.18. The summed E-state index contributed by atoms with van der Waals surface area (Å²) in [5.74, 6) is -0.907. The highest BCUT2D eigenvalue weighted by molar-refractivity contribution is 6.33. The van der Waals surface area contributed by atoms with Crippen molar-refractivity contribution in [3.05, 3.63) is 68.8 Å². The van der Waals surface area contributed by atoms with E-state index in [1.807, 2.05) is 0 Å². The van der Waals surface area contributed by atoms with E-state index in [9.17, 15) is 27.2 Å². The maximum Gasteiger partial charge on any atom is 0.400 e. The molecule has 2 aromatic carbocycles. The molecule has 0 spiro atoms. The van der Waals surface area contributed by atoms with Gasteiger partial charge in [-0.15, -0.1) is 0 Å². The number of hydrogen-bond donors (Lipinski definition) is 1. The summed E-state index contributed by atoms with van der Waals surface area (Å²) in [4.78, 5) is 35.3. The zero-order valence-corrected chi connectivity index (χ0v) is 19.7. The molecule has 1 aromatic heterocycles. The van der Waals surface area contributed by atoms with Gasteiger partial charge >= 0.3 is 11.9 Å². The van der Waals surface area contributed by atoms with Crippen LogP contribution in [0.25, 0.3) is 22.8 Å². The first-order chi connectivity index (χ1) is 16.4. The maximum absolute atomic E-state index is 14.2. The molecule has 184 valence electrons. The van der Waals surface area contributed by atoms with E-state index in [0.717, 1.165) is 26.7 Å². The molecule has 5 nitrogen and oxygen atoms in total. The Hall–Kier alpha value is -3.07. The molecule has 1 N–H and O–H groups in total. The second-order valence-electron chi connectivity index (χ2n) is 9.20. The third-order valence-electron chi connectivity index (χ3n) is 6.25. The number of ketones is 1. The number of hydrogen-bond acceptors (Lipinski definition) is 4. The van der Waals surface area contributed by atoms with Gasteiger partial charge in [-0.25, -0.2) is 14.2 Å². The summed E-state index contributed by atoms with van der Waals surface area (Å²) in [6.07, 6.45) is -3.13. The Bertz CT molecular complexity index is 1350. The quantitative estimate of drug-likeness (QED) is 0.383. The molecule has 0 aliphatic heterocycles. The van der Waals surface area contributed by atoms with Crippen LogP contribution in [0, 0.1) is 11.2 Å².